The van der Waals surface area contributed by atoms with Gasteiger partial charge in [0.15, 0.2) is 0 Å². The first-order valence-corrected chi connectivity index (χ1v) is 6.82. The Morgan fingerprint density at radius 2 is 1.55 bits per heavy atom. The fraction of sp³-hybridized carbons (Fsp3) is 0.533. The van der Waals surface area contributed by atoms with E-state index in [9.17, 15) is 14.4 Å². The Bertz CT molecular complexity index is 341. The second-order valence-electron chi connectivity index (χ2n) is 4.42. The lowest BCUT2D eigenvalue weighted by molar-refractivity contribution is -0.150. The highest BCUT2D eigenvalue weighted by Gasteiger charge is 2.10. The van der Waals surface area contributed by atoms with Crippen LogP contribution in [0.15, 0.2) is 24.8 Å². The van der Waals surface area contributed by atoms with Crippen molar-refractivity contribution in [2.75, 3.05) is 0 Å². The van der Waals surface area contributed by atoms with E-state index in [-0.39, 0.29) is 0 Å². The van der Waals surface area contributed by atoms with Gasteiger partial charge in [-0.3, -0.25) is 4.79 Å². The molecule has 0 aromatic carbocycles. The van der Waals surface area contributed by atoms with Crippen LogP contribution in [0, 0.1) is 0 Å². The highest BCUT2D eigenvalue weighted by Crippen LogP contribution is 2.08. The molecule has 0 aromatic heterocycles. The molecular weight excluding hydrogens is 260 g/mol. The summed E-state index contributed by atoms with van der Waals surface area (Å²) in [5.74, 6) is -1.83. The van der Waals surface area contributed by atoms with Gasteiger partial charge in [-0.1, -0.05) is 31.8 Å². The van der Waals surface area contributed by atoms with Gasteiger partial charge in [-0.25, -0.2) is 9.59 Å². The minimum absolute atomic E-state index is 0.326. The first-order valence-electron chi connectivity index (χ1n) is 6.82. The van der Waals surface area contributed by atoms with Crippen molar-refractivity contribution in [2.24, 2.45) is 0 Å². The van der Waals surface area contributed by atoms with Crippen molar-refractivity contribution in [3.8, 4) is 0 Å². The molecule has 5 heteroatoms. The molecule has 0 radical (unpaired) electrons. The van der Waals surface area contributed by atoms with Gasteiger partial charge in [0.1, 0.15) is 0 Å². The van der Waals surface area contributed by atoms with Crippen LogP contribution in [0.1, 0.15) is 51.4 Å². The largest absolute Gasteiger partial charge is 0.481 e. The second kappa shape index (κ2) is 12.1. The van der Waals surface area contributed by atoms with Crippen molar-refractivity contribution < 1.29 is 24.2 Å². The summed E-state index contributed by atoms with van der Waals surface area (Å²) in [6.45, 7) is 3.66. The number of hydrogen-bond acceptors (Lipinski definition) is 4. The van der Waals surface area contributed by atoms with Crippen molar-refractivity contribution >= 4 is 17.9 Å². The third kappa shape index (κ3) is 12.5. The van der Waals surface area contributed by atoms with Crippen molar-refractivity contribution in [1.29, 1.82) is 0 Å². The molecule has 1 aliphatic heterocycles. The van der Waals surface area contributed by atoms with E-state index in [1.165, 1.54) is 25.7 Å². The van der Waals surface area contributed by atoms with Crippen molar-refractivity contribution in [3.05, 3.63) is 24.8 Å². The van der Waals surface area contributed by atoms with E-state index in [0.717, 1.165) is 31.4 Å². The topological polar surface area (TPSA) is 80.7 Å². The summed E-state index contributed by atoms with van der Waals surface area (Å²) < 4.78 is 3.97. The van der Waals surface area contributed by atoms with Crippen LogP contribution < -0.4 is 0 Å². The lowest BCUT2D eigenvalue weighted by Gasteiger charge is -1.98. The summed E-state index contributed by atoms with van der Waals surface area (Å²) in [6.07, 6.45) is 12.3. The average molecular weight is 282 g/mol. The van der Waals surface area contributed by atoms with E-state index in [2.05, 4.69) is 11.3 Å². The van der Waals surface area contributed by atoms with Crippen molar-refractivity contribution in [1.82, 2.24) is 0 Å². The van der Waals surface area contributed by atoms with Gasteiger partial charge < -0.3 is 9.84 Å². The number of allylic oxidation sites excluding steroid dienone is 1. The Kier molecular flexibility index (Phi) is 11.0. The SMILES string of the molecule is C=CCCCCCCCCC(=O)O.O=C1C=CC(=O)O1. The number of carbonyl (C=O) groups excluding carboxylic acids is 2. The molecule has 1 rings (SSSR count). The Morgan fingerprint density at radius 1 is 1.05 bits per heavy atom. The van der Waals surface area contributed by atoms with Gasteiger partial charge in [-0.2, -0.15) is 0 Å². The molecule has 0 unspecified atom stereocenters. The Hall–Kier alpha value is -1.91. The zero-order chi connectivity index (χ0) is 15.2. The Morgan fingerprint density at radius 3 is 1.95 bits per heavy atom. The van der Waals surface area contributed by atoms with Gasteiger partial charge in [-0.15, -0.1) is 6.58 Å². The summed E-state index contributed by atoms with van der Waals surface area (Å²) in [6, 6.07) is 0. The van der Waals surface area contributed by atoms with E-state index < -0.39 is 17.9 Å². The predicted molar refractivity (Wildman–Crippen MR) is 75.0 cm³/mol. The van der Waals surface area contributed by atoms with Gasteiger partial charge in [0.25, 0.3) is 0 Å². The molecule has 0 spiro atoms. The van der Waals surface area contributed by atoms with Gasteiger partial charge in [0.05, 0.1) is 0 Å². The third-order valence-corrected chi connectivity index (χ3v) is 2.61. The fourth-order valence-electron chi connectivity index (χ4n) is 1.58. The maximum absolute atomic E-state index is 10.2. The van der Waals surface area contributed by atoms with Crippen molar-refractivity contribution in [2.45, 2.75) is 51.4 Å². The molecule has 1 heterocycles. The first kappa shape index (κ1) is 18.1. The number of carboxylic acid groups (broad SMARTS) is 1. The van der Waals surface area contributed by atoms with Crippen LogP contribution in [0.3, 0.4) is 0 Å². The van der Waals surface area contributed by atoms with Gasteiger partial charge in [0, 0.05) is 18.6 Å². The number of carbonyl (C=O) groups is 3. The molecule has 1 aliphatic rings. The highest BCUT2D eigenvalue weighted by molar-refractivity contribution is 6.04. The molecular formula is C15H22O5. The summed E-state index contributed by atoms with van der Waals surface area (Å²) in [7, 11) is 0. The number of unbranched alkanes of at least 4 members (excludes halogenated alkanes) is 6. The summed E-state index contributed by atoms with van der Waals surface area (Å²) in [5.41, 5.74) is 0. The standard InChI is InChI=1S/C11H20O2.C4H2O3/c1-2-3-4-5-6-7-8-9-10-11(12)13;5-3-1-2-4(6)7-3/h2H,1,3-10H2,(H,12,13);1-2H. The molecule has 0 aliphatic carbocycles. The van der Waals surface area contributed by atoms with Crippen LogP contribution in [0.5, 0.6) is 0 Å². The van der Waals surface area contributed by atoms with Crippen LogP contribution in [0.4, 0.5) is 0 Å². The minimum Gasteiger partial charge on any atom is -0.481 e. The summed E-state index contributed by atoms with van der Waals surface area (Å²) in [5, 5.41) is 8.38. The number of hydrogen-bond donors (Lipinski definition) is 1. The van der Waals surface area contributed by atoms with E-state index in [1.807, 2.05) is 6.08 Å². The molecule has 5 nitrogen and oxygen atoms in total. The number of ether oxygens (including phenoxy) is 1. The number of rotatable bonds is 9. The first-order chi connectivity index (χ1) is 9.56. The van der Waals surface area contributed by atoms with Crippen LogP contribution in [0.2, 0.25) is 0 Å². The molecule has 0 amide bonds. The van der Waals surface area contributed by atoms with Crippen LogP contribution >= 0.6 is 0 Å². The zero-order valence-electron chi connectivity index (χ0n) is 11.7. The third-order valence-electron chi connectivity index (χ3n) is 2.61. The molecule has 0 atom stereocenters. The average Bonchev–Trinajstić information content (AvgIpc) is 2.77. The quantitative estimate of drug-likeness (QED) is 0.304. The molecule has 0 fully saturated rings. The Labute approximate surface area is 119 Å². The van der Waals surface area contributed by atoms with E-state index >= 15 is 0 Å². The van der Waals surface area contributed by atoms with Gasteiger partial charge in [-0.05, 0) is 19.3 Å². The van der Waals surface area contributed by atoms with Gasteiger partial charge >= 0.3 is 17.9 Å². The smallest absolute Gasteiger partial charge is 0.338 e. The second-order valence-corrected chi connectivity index (χ2v) is 4.42. The number of carboxylic acids is 1. The normalized spacial score (nSPS) is 12.6. The molecule has 0 bridgehead atoms. The maximum Gasteiger partial charge on any atom is 0.338 e. The fourth-order valence-corrected chi connectivity index (χ4v) is 1.58. The van der Waals surface area contributed by atoms with Crippen LogP contribution in [0.25, 0.3) is 0 Å². The molecule has 0 saturated heterocycles. The van der Waals surface area contributed by atoms with Crippen LogP contribution in [-0.4, -0.2) is 23.0 Å². The number of cyclic esters (lactones) is 2. The van der Waals surface area contributed by atoms with Crippen molar-refractivity contribution in [3.63, 3.8) is 0 Å². The highest BCUT2D eigenvalue weighted by atomic mass is 16.6. The molecule has 20 heavy (non-hydrogen) atoms. The summed E-state index contributed by atoms with van der Waals surface area (Å²) in [4.78, 5) is 30.0. The summed E-state index contributed by atoms with van der Waals surface area (Å²) >= 11 is 0. The predicted octanol–water partition coefficient (Wildman–Crippen LogP) is 3.00. The molecule has 112 valence electrons. The number of esters is 2. The molecule has 1 N–H and O–H groups in total. The minimum atomic E-state index is -0.674. The number of aliphatic carboxylic acids is 1. The lowest BCUT2D eigenvalue weighted by Crippen LogP contribution is -1.96. The van der Waals surface area contributed by atoms with E-state index in [4.69, 9.17) is 5.11 Å². The van der Waals surface area contributed by atoms with Gasteiger partial charge in [0.2, 0.25) is 0 Å². The van der Waals surface area contributed by atoms with E-state index in [0.29, 0.717) is 6.42 Å². The maximum atomic E-state index is 10.2. The lowest BCUT2D eigenvalue weighted by atomic mass is 10.1. The monoisotopic (exact) mass is 282 g/mol. The Balaban J connectivity index is 0.000000428. The van der Waals surface area contributed by atoms with E-state index in [1.54, 1.807) is 0 Å². The molecule has 0 saturated carbocycles. The van der Waals surface area contributed by atoms with Crippen LogP contribution in [-0.2, 0) is 19.1 Å². The molecule has 0 aromatic rings. The zero-order valence-corrected chi connectivity index (χ0v) is 11.7.